The number of hydrogen-bond acceptors (Lipinski definition) is 2. The first kappa shape index (κ1) is 20.2. The SMILES string of the molecule is Cl.Cn1ccc2c(C(=O)N3CCN(C/C=C/c4ccccc4)CC3)cccc21. The van der Waals surface area contributed by atoms with Crippen LogP contribution in [0.15, 0.2) is 66.9 Å². The fraction of sp³-hybridized carbons (Fsp3) is 0.261. The van der Waals surface area contributed by atoms with Gasteiger partial charge in [-0.25, -0.2) is 0 Å². The molecule has 4 rings (SSSR count). The molecule has 0 N–H and O–H groups in total. The summed E-state index contributed by atoms with van der Waals surface area (Å²) in [6.45, 7) is 4.30. The highest BCUT2D eigenvalue weighted by atomic mass is 35.5. The lowest BCUT2D eigenvalue weighted by Gasteiger charge is -2.34. The van der Waals surface area contributed by atoms with E-state index in [9.17, 15) is 4.79 Å². The number of carbonyl (C=O) groups is 1. The Labute approximate surface area is 172 Å². The Morgan fingerprint density at radius 3 is 2.46 bits per heavy atom. The second-order valence-corrected chi connectivity index (χ2v) is 7.07. The van der Waals surface area contributed by atoms with E-state index in [-0.39, 0.29) is 18.3 Å². The summed E-state index contributed by atoms with van der Waals surface area (Å²) in [6.07, 6.45) is 6.38. The number of carbonyl (C=O) groups excluding carboxylic acids is 1. The van der Waals surface area contributed by atoms with E-state index >= 15 is 0 Å². The summed E-state index contributed by atoms with van der Waals surface area (Å²) in [6, 6.07) is 18.4. The zero-order valence-electron chi connectivity index (χ0n) is 16.1. The van der Waals surface area contributed by atoms with Crippen molar-refractivity contribution in [3.8, 4) is 0 Å². The molecule has 0 bridgehead atoms. The van der Waals surface area contributed by atoms with Crippen LogP contribution in [0.5, 0.6) is 0 Å². The maximum Gasteiger partial charge on any atom is 0.254 e. The van der Waals surface area contributed by atoms with E-state index in [2.05, 4.69) is 52.0 Å². The third kappa shape index (κ3) is 4.29. The number of halogens is 1. The average molecular weight is 396 g/mol. The molecule has 146 valence electrons. The second kappa shape index (κ2) is 9.09. The zero-order chi connectivity index (χ0) is 18.6. The fourth-order valence-corrected chi connectivity index (χ4v) is 3.69. The average Bonchev–Trinajstić information content (AvgIpc) is 3.10. The van der Waals surface area contributed by atoms with Crippen molar-refractivity contribution < 1.29 is 4.79 Å². The normalized spacial score (nSPS) is 15.1. The van der Waals surface area contributed by atoms with E-state index < -0.39 is 0 Å². The Morgan fingerprint density at radius 2 is 1.71 bits per heavy atom. The predicted octanol–water partition coefficient (Wildman–Crippen LogP) is 4.07. The number of nitrogens with zero attached hydrogens (tertiary/aromatic N) is 3. The van der Waals surface area contributed by atoms with E-state index in [4.69, 9.17) is 0 Å². The quantitative estimate of drug-likeness (QED) is 0.666. The number of rotatable bonds is 4. The van der Waals surface area contributed by atoms with Gasteiger partial charge in [-0.3, -0.25) is 9.69 Å². The molecule has 3 aromatic rings. The molecule has 1 fully saturated rings. The van der Waals surface area contributed by atoms with Crippen LogP contribution in [-0.4, -0.2) is 53.0 Å². The monoisotopic (exact) mass is 395 g/mol. The largest absolute Gasteiger partial charge is 0.351 e. The van der Waals surface area contributed by atoms with Gasteiger partial charge in [0, 0.05) is 62.4 Å². The molecule has 1 aliphatic rings. The molecule has 5 heteroatoms. The van der Waals surface area contributed by atoms with E-state index in [0.717, 1.165) is 49.2 Å². The summed E-state index contributed by atoms with van der Waals surface area (Å²) in [5, 5.41) is 1.04. The van der Waals surface area contributed by atoms with Crippen LogP contribution in [0.4, 0.5) is 0 Å². The maximum atomic E-state index is 13.0. The highest BCUT2D eigenvalue weighted by molar-refractivity contribution is 6.06. The third-order valence-corrected chi connectivity index (χ3v) is 5.29. The van der Waals surface area contributed by atoms with Gasteiger partial charge < -0.3 is 9.47 Å². The van der Waals surface area contributed by atoms with Gasteiger partial charge in [0.2, 0.25) is 0 Å². The minimum absolute atomic E-state index is 0. The van der Waals surface area contributed by atoms with Crippen LogP contribution < -0.4 is 0 Å². The Morgan fingerprint density at radius 1 is 0.964 bits per heavy atom. The lowest BCUT2D eigenvalue weighted by Crippen LogP contribution is -2.48. The van der Waals surface area contributed by atoms with Crippen LogP contribution in [0.2, 0.25) is 0 Å². The van der Waals surface area contributed by atoms with E-state index in [0.29, 0.717) is 0 Å². The molecule has 1 amide bonds. The highest BCUT2D eigenvalue weighted by Crippen LogP contribution is 2.21. The number of hydrogen-bond donors (Lipinski definition) is 0. The number of amides is 1. The summed E-state index contributed by atoms with van der Waals surface area (Å²) in [5.41, 5.74) is 3.14. The molecule has 0 radical (unpaired) electrons. The van der Waals surface area contributed by atoms with Gasteiger partial charge in [-0.2, -0.15) is 0 Å². The van der Waals surface area contributed by atoms with E-state index in [1.54, 1.807) is 0 Å². The molecule has 0 spiro atoms. The van der Waals surface area contributed by atoms with Crippen LogP contribution in [0.1, 0.15) is 15.9 Å². The van der Waals surface area contributed by atoms with E-state index in [1.807, 2.05) is 42.4 Å². The van der Waals surface area contributed by atoms with Gasteiger partial charge in [0.15, 0.2) is 0 Å². The number of aromatic nitrogens is 1. The minimum atomic E-state index is 0. The van der Waals surface area contributed by atoms with Crippen molar-refractivity contribution in [2.75, 3.05) is 32.7 Å². The summed E-state index contributed by atoms with van der Waals surface area (Å²) >= 11 is 0. The molecular formula is C23H26ClN3O. The molecule has 4 nitrogen and oxygen atoms in total. The molecule has 0 saturated carbocycles. The molecule has 0 unspecified atom stereocenters. The Balaban J connectivity index is 0.00000225. The smallest absolute Gasteiger partial charge is 0.254 e. The van der Waals surface area contributed by atoms with Crippen molar-refractivity contribution in [1.29, 1.82) is 0 Å². The Hall–Kier alpha value is -2.56. The molecule has 0 aliphatic carbocycles. The van der Waals surface area contributed by atoms with Crippen molar-refractivity contribution in [3.05, 3.63) is 78.0 Å². The molecule has 0 atom stereocenters. The third-order valence-electron chi connectivity index (χ3n) is 5.29. The van der Waals surface area contributed by atoms with Gasteiger partial charge in [0.25, 0.3) is 5.91 Å². The Bertz CT molecular complexity index is 956. The van der Waals surface area contributed by atoms with Crippen LogP contribution >= 0.6 is 12.4 Å². The first-order valence-electron chi connectivity index (χ1n) is 9.49. The number of piperazine rings is 1. The van der Waals surface area contributed by atoms with Gasteiger partial charge in [-0.1, -0.05) is 48.6 Å². The van der Waals surface area contributed by atoms with Gasteiger partial charge in [-0.05, 0) is 23.8 Å². The van der Waals surface area contributed by atoms with Crippen molar-refractivity contribution in [1.82, 2.24) is 14.4 Å². The Kier molecular flexibility index (Phi) is 6.55. The van der Waals surface area contributed by atoms with Crippen molar-refractivity contribution >= 4 is 35.3 Å². The lowest BCUT2D eigenvalue weighted by atomic mass is 10.1. The van der Waals surface area contributed by atoms with Crippen molar-refractivity contribution in [2.45, 2.75) is 0 Å². The molecule has 1 aliphatic heterocycles. The number of fused-ring (bicyclic) bond motifs is 1. The molecule has 1 aromatic heterocycles. The van der Waals surface area contributed by atoms with Crippen LogP contribution in [0.25, 0.3) is 17.0 Å². The van der Waals surface area contributed by atoms with Crippen molar-refractivity contribution in [2.24, 2.45) is 7.05 Å². The highest BCUT2D eigenvalue weighted by Gasteiger charge is 2.23. The number of benzene rings is 2. The van der Waals surface area contributed by atoms with Crippen molar-refractivity contribution in [3.63, 3.8) is 0 Å². The molecular weight excluding hydrogens is 370 g/mol. The summed E-state index contributed by atoms with van der Waals surface area (Å²) in [4.78, 5) is 17.4. The molecule has 1 saturated heterocycles. The molecule has 28 heavy (non-hydrogen) atoms. The summed E-state index contributed by atoms with van der Waals surface area (Å²) in [5.74, 6) is 0.145. The topological polar surface area (TPSA) is 28.5 Å². The predicted molar refractivity (Wildman–Crippen MR) is 118 cm³/mol. The van der Waals surface area contributed by atoms with Crippen LogP contribution in [0, 0.1) is 0 Å². The van der Waals surface area contributed by atoms with Gasteiger partial charge >= 0.3 is 0 Å². The minimum Gasteiger partial charge on any atom is -0.351 e. The summed E-state index contributed by atoms with van der Waals surface area (Å²) in [7, 11) is 2.01. The van der Waals surface area contributed by atoms with E-state index in [1.165, 1.54) is 5.56 Å². The van der Waals surface area contributed by atoms with Gasteiger partial charge in [0.1, 0.15) is 0 Å². The standard InChI is InChI=1S/C23H25N3O.ClH/c1-24-14-12-20-21(10-5-11-22(20)24)23(27)26-17-15-25(16-18-26)13-6-9-19-7-3-2-4-8-19;/h2-12,14H,13,15-18H2,1H3;1H/b9-6+;. The first-order valence-corrected chi connectivity index (χ1v) is 9.49. The van der Waals surface area contributed by atoms with Crippen LogP contribution in [-0.2, 0) is 7.05 Å². The molecule has 2 heterocycles. The van der Waals surface area contributed by atoms with Crippen LogP contribution in [0.3, 0.4) is 0 Å². The number of aryl methyl sites for hydroxylation is 1. The second-order valence-electron chi connectivity index (χ2n) is 7.07. The van der Waals surface area contributed by atoms with Gasteiger partial charge in [0.05, 0.1) is 0 Å². The summed E-state index contributed by atoms with van der Waals surface area (Å²) < 4.78 is 2.06. The maximum absolute atomic E-state index is 13.0. The lowest BCUT2D eigenvalue weighted by molar-refractivity contribution is 0.0652. The van der Waals surface area contributed by atoms with Gasteiger partial charge in [-0.15, -0.1) is 12.4 Å². The zero-order valence-corrected chi connectivity index (χ0v) is 16.9. The fourth-order valence-electron chi connectivity index (χ4n) is 3.69. The molecule has 2 aromatic carbocycles. The first-order chi connectivity index (χ1) is 13.2.